The van der Waals surface area contributed by atoms with Crippen LogP contribution in [0.5, 0.6) is 0 Å². The summed E-state index contributed by atoms with van der Waals surface area (Å²) in [5.74, 6) is 0. The highest BCUT2D eigenvalue weighted by molar-refractivity contribution is 5.97. The Bertz CT molecular complexity index is 3740. The third-order valence-electron chi connectivity index (χ3n) is 15.6. The fourth-order valence-electron chi connectivity index (χ4n) is 12.7. The summed E-state index contributed by atoms with van der Waals surface area (Å²) in [4.78, 5) is 4.88. The van der Waals surface area contributed by atoms with Crippen LogP contribution in [0.25, 0.3) is 43.8 Å². The molecule has 0 spiro atoms. The zero-order valence-corrected chi connectivity index (χ0v) is 39.6. The largest absolute Gasteiger partial charge is 0.310 e. The van der Waals surface area contributed by atoms with Crippen molar-refractivity contribution >= 4 is 55.7 Å². The van der Waals surface area contributed by atoms with Crippen molar-refractivity contribution in [3.05, 3.63) is 325 Å². The average Bonchev–Trinajstić information content (AvgIpc) is 3.93. The van der Waals surface area contributed by atoms with Crippen LogP contribution in [0.3, 0.4) is 0 Å². The third-order valence-corrected chi connectivity index (χ3v) is 15.6. The third kappa shape index (κ3) is 6.16. The Kier molecular flexibility index (Phi) is 9.69. The van der Waals surface area contributed by atoms with E-state index in [2.05, 4.69) is 301 Å². The highest BCUT2D eigenvalue weighted by Gasteiger charge is 2.64. The molecule has 0 aromatic heterocycles. The van der Waals surface area contributed by atoms with Gasteiger partial charge in [0.2, 0.25) is 0 Å². The minimum atomic E-state index is -0.802. The first-order valence-electron chi connectivity index (χ1n) is 25.0. The van der Waals surface area contributed by atoms with Gasteiger partial charge in [-0.2, -0.15) is 0 Å². The molecule has 14 rings (SSSR count). The van der Waals surface area contributed by atoms with E-state index < -0.39 is 10.8 Å². The molecule has 0 bridgehead atoms. The van der Waals surface area contributed by atoms with Gasteiger partial charge >= 0.3 is 0 Å². The lowest BCUT2D eigenvalue weighted by atomic mass is 9.49. The summed E-state index contributed by atoms with van der Waals surface area (Å²) in [6.07, 6.45) is 0. The number of para-hydroxylation sites is 2. The Morgan fingerprint density at radius 1 is 0.194 bits per heavy atom. The number of anilines is 6. The van der Waals surface area contributed by atoms with Crippen molar-refractivity contribution in [2.75, 3.05) is 9.80 Å². The van der Waals surface area contributed by atoms with Gasteiger partial charge in [0.15, 0.2) is 0 Å². The second-order valence-electron chi connectivity index (χ2n) is 19.2. The van der Waals surface area contributed by atoms with Crippen molar-refractivity contribution in [1.29, 1.82) is 0 Å². The molecule has 2 heteroatoms. The van der Waals surface area contributed by atoms with E-state index in [1.165, 1.54) is 77.2 Å². The zero-order valence-electron chi connectivity index (χ0n) is 39.6. The lowest BCUT2D eigenvalue weighted by Gasteiger charge is -2.51. The highest BCUT2D eigenvalue weighted by atomic mass is 15.1. The van der Waals surface area contributed by atoms with E-state index in [9.17, 15) is 0 Å². The first kappa shape index (κ1) is 41.7. The van der Waals surface area contributed by atoms with Gasteiger partial charge in [-0.1, -0.05) is 218 Å². The molecule has 12 aromatic rings. The normalized spacial score (nSPS) is 16.2. The van der Waals surface area contributed by atoms with Crippen molar-refractivity contribution in [1.82, 2.24) is 0 Å². The van der Waals surface area contributed by atoms with Crippen molar-refractivity contribution in [3.63, 3.8) is 0 Å². The molecule has 2 aliphatic carbocycles. The number of nitrogens with zero attached hydrogens (tertiary/aromatic N) is 2. The Morgan fingerprint density at radius 2 is 0.500 bits per heavy atom. The molecule has 2 nitrogen and oxygen atoms in total. The van der Waals surface area contributed by atoms with Gasteiger partial charge < -0.3 is 9.80 Å². The molecule has 2 unspecified atom stereocenters. The maximum Gasteiger partial charge on any atom is 0.0642 e. The smallest absolute Gasteiger partial charge is 0.0642 e. The summed E-state index contributed by atoms with van der Waals surface area (Å²) in [7, 11) is 0. The van der Waals surface area contributed by atoms with E-state index >= 15 is 0 Å². The minimum absolute atomic E-state index is 0.802. The summed E-state index contributed by atoms with van der Waals surface area (Å²) in [6.45, 7) is 0. The first-order valence-corrected chi connectivity index (χ1v) is 25.0. The van der Waals surface area contributed by atoms with Crippen LogP contribution in [0, 0.1) is 0 Å². The van der Waals surface area contributed by atoms with Crippen LogP contribution < -0.4 is 9.80 Å². The minimum Gasteiger partial charge on any atom is -0.310 e. The summed E-state index contributed by atoms with van der Waals surface area (Å²) in [6, 6.07) is 109. The van der Waals surface area contributed by atoms with Gasteiger partial charge in [0.1, 0.15) is 0 Å². The molecule has 0 saturated carbocycles. The van der Waals surface area contributed by atoms with Gasteiger partial charge in [-0.05, 0) is 150 Å². The number of benzene rings is 12. The number of hydrogen-bond acceptors (Lipinski definition) is 2. The van der Waals surface area contributed by atoms with Gasteiger partial charge in [-0.3, -0.25) is 0 Å². The molecule has 0 radical (unpaired) electrons. The maximum atomic E-state index is 2.53. The van der Waals surface area contributed by atoms with Gasteiger partial charge in [-0.25, -0.2) is 0 Å². The van der Waals surface area contributed by atoms with Crippen molar-refractivity contribution in [3.8, 4) is 22.3 Å². The Hall–Kier alpha value is -9.24. The standard InChI is InChI=1S/C70H48N2/c1-5-25-53(26-6-1)69(65-35-19-17-33-61(65)63-43-41-59(47-67(63)69)71(55-29-9-3-10-30-55)57-39-37-49-21-13-15-23-51(49)45-57)70(54-27-7-2-8-28-54)66-36-20-18-34-62(66)64-44-42-60(48-68(64)70)72(56-31-11-4-12-32-56)58-40-38-50-22-14-16-24-52(50)46-58/h1-48H. The molecule has 72 heavy (non-hydrogen) atoms. The Balaban J connectivity index is 1.11. The Morgan fingerprint density at radius 3 is 0.917 bits per heavy atom. The maximum absolute atomic E-state index is 2.53. The van der Waals surface area contributed by atoms with Crippen LogP contribution in [-0.4, -0.2) is 0 Å². The predicted molar refractivity (Wildman–Crippen MR) is 301 cm³/mol. The molecule has 2 aliphatic rings. The van der Waals surface area contributed by atoms with E-state index in [0.717, 1.165) is 34.1 Å². The Labute approximate surface area is 421 Å². The molecule has 0 heterocycles. The molecular weight excluding hydrogens is 869 g/mol. The quantitative estimate of drug-likeness (QED) is 0.142. The fraction of sp³-hybridized carbons (Fsp3) is 0.0286. The topological polar surface area (TPSA) is 6.48 Å². The summed E-state index contributed by atoms with van der Waals surface area (Å²) in [5, 5.41) is 4.84. The molecule has 338 valence electrons. The van der Waals surface area contributed by atoms with Crippen LogP contribution in [0.15, 0.2) is 291 Å². The number of fused-ring (bicyclic) bond motifs is 8. The highest BCUT2D eigenvalue weighted by Crippen LogP contribution is 2.70. The summed E-state index contributed by atoms with van der Waals surface area (Å²) in [5.41, 5.74) is 17.5. The lowest BCUT2D eigenvalue weighted by Crippen LogP contribution is -2.50. The van der Waals surface area contributed by atoms with Gasteiger partial charge in [0.05, 0.1) is 10.8 Å². The van der Waals surface area contributed by atoms with E-state index in [1.54, 1.807) is 0 Å². The van der Waals surface area contributed by atoms with Gasteiger partial charge in [-0.15, -0.1) is 0 Å². The summed E-state index contributed by atoms with van der Waals surface area (Å²) < 4.78 is 0. The number of rotatable bonds is 9. The SMILES string of the molecule is c1ccc(N(c2ccc3c(c2)C(c2ccccc2)(C2(c4ccccc4)c4ccccc4-c4ccc(N(c5ccccc5)c5ccc6ccccc6c5)cc42)c2ccccc2-3)c2ccc3ccccc3c2)cc1. The van der Waals surface area contributed by atoms with Crippen molar-refractivity contribution in [2.45, 2.75) is 10.8 Å². The van der Waals surface area contributed by atoms with Crippen LogP contribution in [0.4, 0.5) is 34.1 Å². The molecule has 2 atom stereocenters. The van der Waals surface area contributed by atoms with Crippen molar-refractivity contribution in [2.24, 2.45) is 0 Å². The van der Waals surface area contributed by atoms with Gasteiger partial charge in [0, 0.05) is 34.1 Å². The molecular formula is C70H48N2. The van der Waals surface area contributed by atoms with E-state index in [0.29, 0.717) is 0 Å². The van der Waals surface area contributed by atoms with Gasteiger partial charge in [0.25, 0.3) is 0 Å². The molecule has 0 fully saturated rings. The molecule has 12 aromatic carbocycles. The molecule has 0 amide bonds. The lowest BCUT2D eigenvalue weighted by molar-refractivity contribution is 0.437. The molecule has 0 saturated heterocycles. The second-order valence-corrected chi connectivity index (χ2v) is 19.2. The van der Waals surface area contributed by atoms with Crippen LogP contribution in [0.1, 0.15) is 33.4 Å². The van der Waals surface area contributed by atoms with Crippen LogP contribution >= 0.6 is 0 Å². The predicted octanol–water partition coefficient (Wildman–Crippen LogP) is 18.3. The molecule has 0 aliphatic heterocycles. The number of hydrogen-bond donors (Lipinski definition) is 0. The average molecular weight is 917 g/mol. The van der Waals surface area contributed by atoms with E-state index in [4.69, 9.17) is 0 Å². The first-order chi connectivity index (χ1) is 35.7. The van der Waals surface area contributed by atoms with Crippen LogP contribution in [-0.2, 0) is 10.8 Å². The zero-order chi connectivity index (χ0) is 47.6. The molecule has 0 N–H and O–H groups in total. The van der Waals surface area contributed by atoms with Crippen LogP contribution in [0.2, 0.25) is 0 Å². The second kappa shape index (κ2) is 16.7. The van der Waals surface area contributed by atoms with E-state index in [1.807, 2.05) is 0 Å². The van der Waals surface area contributed by atoms with Crippen molar-refractivity contribution < 1.29 is 0 Å². The van der Waals surface area contributed by atoms with E-state index in [-0.39, 0.29) is 0 Å². The monoisotopic (exact) mass is 916 g/mol. The fourth-order valence-corrected chi connectivity index (χ4v) is 12.7. The summed E-state index contributed by atoms with van der Waals surface area (Å²) >= 11 is 0.